The SMILES string of the molecule is CON1CCC(C)(/C(O)=C(\C(C)=O)c2ccc(Cl)cc2C)CC1. The number of carbonyl (C=O) groups excluding carboxylic acids is 1. The van der Waals surface area contributed by atoms with Gasteiger partial charge in [-0.15, -0.1) is 0 Å². The topological polar surface area (TPSA) is 49.8 Å². The largest absolute Gasteiger partial charge is 0.511 e. The number of piperidine rings is 1. The van der Waals surface area contributed by atoms with Crippen LogP contribution < -0.4 is 0 Å². The summed E-state index contributed by atoms with van der Waals surface area (Å²) in [6.07, 6.45) is 1.46. The van der Waals surface area contributed by atoms with Gasteiger partial charge >= 0.3 is 0 Å². The molecule has 1 N–H and O–H groups in total. The number of hydrogen-bond donors (Lipinski definition) is 1. The van der Waals surface area contributed by atoms with Crippen LogP contribution in [0, 0.1) is 12.3 Å². The Morgan fingerprint density at radius 1 is 1.35 bits per heavy atom. The number of aliphatic hydroxyl groups excluding tert-OH is 1. The number of benzene rings is 1. The smallest absolute Gasteiger partial charge is 0.163 e. The minimum atomic E-state index is -0.428. The third-order valence-corrected chi connectivity index (χ3v) is 4.94. The summed E-state index contributed by atoms with van der Waals surface area (Å²) in [7, 11) is 1.65. The first-order valence-corrected chi connectivity index (χ1v) is 8.16. The molecular weight excluding hydrogens is 314 g/mol. The van der Waals surface area contributed by atoms with Crippen LogP contribution in [0.3, 0.4) is 0 Å². The maximum absolute atomic E-state index is 12.2. The summed E-state index contributed by atoms with van der Waals surface area (Å²) in [5.41, 5.74) is 1.59. The number of allylic oxidation sites excluding steroid dienone is 2. The van der Waals surface area contributed by atoms with E-state index in [4.69, 9.17) is 16.4 Å². The van der Waals surface area contributed by atoms with Gasteiger partial charge in [-0.2, -0.15) is 5.06 Å². The van der Waals surface area contributed by atoms with Crippen molar-refractivity contribution in [2.24, 2.45) is 5.41 Å². The fourth-order valence-corrected chi connectivity index (χ4v) is 3.32. The van der Waals surface area contributed by atoms with Crippen LogP contribution >= 0.6 is 11.6 Å². The number of rotatable bonds is 4. The zero-order valence-corrected chi connectivity index (χ0v) is 14.9. The molecule has 1 aliphatic heterocycles. The Labute approximate surface area is 142 Å². The van der Waals surface area contributed by atoms with Crippen molar-refractivity contribution < 1.29 is 14.7 Å². The predicted octanol–water partition coefficient (Wildman–Crippen LogP) is 4.17. The van der Waals surface area contributed by atoms with E-state index in [1.807, 2.05) is 25.0 Å². The van der Waals surface area contributed by atoms with Crippen molar-refractivity contribution in [2.45, 2.75) is 33.6 Å². The molecule has 1 aromatic rings. The van der Waals surface area contributed by atoms with Crippen molar-refractivity contribution in [3.63, 3.8) is 0 Å². The van der Waals surface area contributed by atoms with Crippen LogP contribution in [0.2, 0.25) is 5.02 Å². The second-order valence-corrected chi connectivity index (χ2v) is 6.85. The average molecular weight is 338 g/mol. The molecular formula is C18H24ClNO3. The van der Waals surface area contributed by atoms with Crippen molar-refractivity contribution in [3.05, 3.63) is 40.1 Å². The van der Waals surface area contributed by atoms with Gasteiger partial charge in [-0.25, -0.2) is 0 Å². The highest BCUT2D eigenvalue weighted by Crippen LogP contribution is 2.41. The van der Waals surface area contributed by atoms with E-state index in [-0.39, 0.29) is 11.5 Å². The third-order valence-electron chi connectivity index (χ3n) is 4.70. The van der Waals surface area contributed by atoms with Crippen LogP contribution in [0.25, 0.3) is 5.57 Å². The van der Waals surface area contributed by atoms with Gasteiger partial charge in [0.25, 0.3) is 0 Å². The van der Waals surface area contributed by atoms with Gasteiger partial charge < -0.3 is 9.94 Å². The summed E-state index contributed by atoms with van der Waals surface area (Å²) >= 11 is 6.01. The molecule has 1 aromatic carbocycles. The predicted molar refractivity (Wildman–Crippen MR) is 92.3 cm³/mol. The molecule has 0 saturated carbocycles. The molecule has 23 heavy (non-hydrogen) atoms. The molecule has 0 atom stereocenters. The van der Waals surface area contributed by atoms with Crippen molar-refractivity contribution in [1.82, 2.24) is 5.06 Å². The second-order valence-electron chi connectivity index (χ2n) is 6.41. The minimum Gasteiger partial charge on any atom is -0.511 e. The van der Waals surface area contributed by atoms with E-state index in [2.05, 4.69) is 0 Å². The zero-order chi connectivity index (χ0) is 17.2. The number of Topliss-reactive ketones (excluding diaryl/α,β-unsaturated/α-hetero) is 1. The van der Waals surface area contributed by atoms with Crippen molar-refractivity contribution in [3.8, 4) is 0 Å². The van der Waals surface area contributed by atoms with Crippen LogP contribution in [-0.4, -0.2) is 36.2 Å². The highest BCUT2D eigenvalue weighted by atomic mass is 35.5. The van der Waals surface area contributed by atoms with E-state index in [1.165, 1.54) is 6.92 Å². The van der Waals surface area contributed by atoms with Gasteiger partial charge in [-0.05, 0) is 49.9 Å². The Morgan fingerprint density at radius 3 is 2.43 bits per heavy atom. The van der Waals surface area contributed by atoms with Gasteiger partial charge in [0.1, 0.15) is 5.76 Å². The molecule has 0 spiro atoms. The lowest BCUT2D eigenvalue weighted by molar-refractivity contribution is -0.156. The van der Waals surface area contributed by atoms with E-state index in [1.54, 1.807) is 19.2 Å². The number of hydrogen-bond acceptors (Lipinski definition) is 4. The van der Waals surface area contributed by atoms with Crippen LogP contribution in [0.5, 0.6) is 0 Å². The number of ketones is 1. The van der Waals surface area contributed by atoms with Crippen LogP contribution in [-0.2, 0) is 9.63 Å². The maximum Gasteiger partial charge on any atom is 0.163 e. The molecule has 126 valence electrons. The number of aliphatic hydroxyl groups is 1. The number of aryl methyl sites for hydroxylation is 1. The summed E-state index contributed by atoms with van der Waals surface area (Å²) in [6, 6.07) is 5.36. The van der Waals surface area contributed by atoms with Crippen molar-refractivity contribution >= 4 is 23.0 Å². The van der Waals surface area contributed by atoms with Gasteiger partial charge in [0, 0.05) is 23.5 Å². The molecule has 1 fully saturated rings. The molecule has 5 heteroatoms. The van der Waals surface area contributed by atoms with Crippen LogP contribution in [0.15, 0.2) is 24.0 Å². The number of carbonyl (C=O) groups is 1. The Hall–Kier alpha value is -1.36. The molecule has 2 rings (SSSR count). The van der Waals surface area contributed by atoms with E-state index in [9.17, 15) is 9.90 Å². The molecule has 1 heterocycles. The van der Waals surface area contributed by atoms with E-state index in [0.717, 1.165) is 37.1 Å². The summed E-state index contributed by atoms with van der Waals surface area (Å²) < 4.78 is 0. The first-order chi connectivity index (χ1) is 10.8. The molecule has 0 aromatic heterocycles. The summed E-state index contributed by atoms with van der Waals surface area (Å²) in [6.45, 7) is 6.84. The molecule has 1 aliphatic rings. The molecule has 0 unspecified atom stereocenters. The molecule has 0 aliphatic carbocycles. The first-order valence-electron chi connectivity index (χ1n) is 7.79. The third kappa shape index (κ3) is 3.77. The lowest BCUT2D eigenvalue weighted by Crippen LogP contribution is -2.39. The summed E-state index contributed by atoms with van der Waals surface area (Å²) in [4.78, 5) is 17.5. The number of halogens is 1. The van der Waals surface area contributed by atoms with Gasteiger partial charge in [-0.1, -0.05) is 24.6 Å². The average Bonchev–Trinajstić information content (AvgIpc) is 2.50. The highest BCUT2D eigenvalue weighted by molar-refractivity contribution is 6.31. The standard InChI is InChI=1S/C18H24ClNO3/c1-12-11-14(19)5-6-15(12)16(13(2)21)17(22)18(3)7-9-20(23-4)10-8-18/h5-6,11,22H,7-10H2,1-4H3/b17-16-. The van der Waals surface area contributed by atoms with E-state index < -0.39 is 5.41 Å². The molecule has 4 nitrogen and oxygen atoms in total. The second kappa shape index (κ2) is 7.04. The van der Waals surface area contributed by atoms with Gasteiger partial charge in [0.05, 0.1) is 12.7 Å². The van der Waals surface area contributed by atoms with E-state index >= 15 is 0 Å². The molecule has 0 radical (unpaired) electrons. The highest BCUT2D eigenvalue weighted by Gasteiger charge is 2.37. The minimum absolute atomic E-state index is 0.136. The Balaban J connectivity index is 2.46. The van der Waals surface area contributed by atoms with Crippen LogP contribution in [0.4, 0.5) is 0 Å². The lowest BCUT2D eigenvalue weighted by atomic mass is 9.76. The maximum atomic E-state index is 12.2. The molecule has 0 amide bonds. The molecule has 1 saturated heterocycles. The summed E-state index contributed by atoms with van der Waals surface area (Å²) in [5.74, 6) is 0.0366. The monoisotopic (exact) mass is 337 g/mol. The number of hydroxylamine groups is 2. The van der Waals surface area contributed by atoms with Crippen molar-refractivity contribution in [2.75, 3.05) is 20.2 Å². The Bertz CT molecular complexity index is 631. The van der Waals surface area contributed by atoms with Gasteiger partial charge in [0.2, 0.25) is 0 Å². The first kappa shape index (κ1) is 18.0. The fraction of sp³-hybridized carbons (Fsp3) is 0.500. The number of nitrogens with zero attached hydrogens (tertiary/aromatic N) is 1. The van der Waals surface area contributed by atoms with E-state index in [0.29, 0.717) is 10.6 Å². The normalized spacial score (nSPS) is 19.3. The zero-order valence-electron chi connectivity index (χ0n) is 14.1. The van der Waals surface area contributed by atoms with Crippen molar-refractivity contribution in [1.29, 1.82) is 0 Å². The summed E-state index contributed by atoms with van der Waals surface area (Å²) in [5, 5.41) is 13.4. The van der Waals surface area contributed by atoms with Crippen LogP contribution in [0.1, 0.15) is 37.8 Å². The Morgan fingerprint density at radius 2 is 1.96 bits per heavy atom. The fourth-order valence-electron chi connectivity index (χ4n) is 3.09. The van der Waals surface area contributed by atoms with Gasteiger partial charge in [-0.3, -0.25) is 4.79 Å². The van der Waals surface area contributed by atoms with Gasteiger partial charge in [0.15, 0.2) is 5.78 Å². The lowest BCUT2D eigenvalue weighted by Gasteiger charge is -2.38. The Kier molecular flexibility index (Phi) is 5.50. The quantitative estimate of drug-likeness (QED) is 0.661. The molecule has 0 bridgehead atoms.